The molecule has 46 heavy (non-hydrogen) atoms. The molecule has 4 rings (SSSR count). The highest BCUT2D eigenvalue weighted by atomic mass is 19.4. The highest BCUT2D eigenvalue weighted by Crippen LogP contribution is 2.31. The third kappa shape index (κ3) is 6.48. The highest BCUT2D eigenvalue weighted by molar-refractivity contribution is 5.99. The Hall–Kier alpha value is -5.08. The maximum Gasteiger partial charge on any atom is 0.408 e. The second kappa shape index (κ2) is 13.1. The molecule has 244 valence electrons. The fraction of sp³-hybridized carbons (Fsp3) is 0.323. The fourth-order valence-corrected chi connectivity index (χ4v) is 5.15. The van der Waals surface area contributed by atoms with E-state index in [-0.39, 0.29) is 12.0 Å². The van der Waals surface area contributed by atoms with Crippen molar-refractivity contribution >= 4 is 28.5 Å². The first-order chi connectivity index (χ1) is 21.6. The highest BCUT2D eigenvalue weighted by Gasteiger charge is 2.38. The summed E-state index contributed by atoms with van der Waals surface area (Å²) in [7, 11) is 3.93. The predicted octanol–water partition coefficient (Wildman–Crippen LogP) is 4.15. The first-order valence-electron chi connectivity index (χ1n) is 13.9. The number of carbonyl (C=O) groups is 2. The van der Waals surface area contributed by atoms with Gasteiger partial charge >= 0.3 is 17.8 Å². The molecule has 2 aromatic heterocycles. The summed E-state index contributed by atoms with van der Waals surface area (Å²) in [5.74, 6) is -5.21. The molecule has 0 fully saturated rings. The van der Waals surface area contributed by atoms with Crippen LogP contribution in [0.4, 0.5) is 27.6 Å². The van der Waals surface area contributed by atoms with Crippen molar-refractivity contribution in [3.05, 3.63) is 91.9 Å². The molecule has 0 bridgehead atoms. The number of aromatic nitrogens is 3. The van der Waals surface area contributed by atoms with E-state index < -0.39 is 70.7 Å². The number of nitrogens with zero attached hydrogens (tertiary/aromatic N) is 3. The van der Waals surface area contributed by atoms with Gasteiger partial charge in [-0.2, -0.15) is 13.2 Å². The number of amides is 1. The van der Waals surface area contributed by atoms with E-state index in [1.807, 2.05) is 5.32 Å². The minimum Gasteiger partial charge on any atom is -0.467 e. The van der Waals surface area contributed by atoms with E-state index in [1.54, 1.807) is 31.2 Å². The number of ether oxygens (including phenoxy) is 1. The van der Waals surface area contributed by atoms with E-state index in [9.17, 15) is 41.1 Å². The first-order valence-corrected chi connectivity index (χ1v) is 13.9. The molecule has 2 atom stereocenters. The maximum atomic E-state index is 14.9. The zero-order valence-electron chi connectivity index (χ0n) is 25.4. The largest absolute Gasteiger partial charge is 0.467 e. The summed E-state index contributed by atoms with van der Waals surface area (Å²) in [5, 5.41) is 4.74. The first kappa shape index (κ1) is 33.8. The normalized spacial score (nSPS) is 12.9. The number of methoxy groups -OCH3 is 1. The van der Waals surface area contributed by atoms with Crippen molar-refractivity contribution in [2.75, 3.05) is 12.4 Å². The number of rotatable bonds is 9. The van der Waals surface area contributed by atoms with Crippen LogP contribution in [0, 0.1) is 18.6 Å². The maximum absolute atomic E-state index is 14.9. The van der Waals surface area contributed by atoms with Crippen molar-refractivity contribution in [2.24, 2.45) is 14.1 Å². The number of carbonyl (C=O) groups excluding carboxylic acids is 2. The molecule has 2 aromatic carbocycles. The van der Waals surface area contributed by atoms with Gasteiger partial charge in [-0.25, -0.2) is 18.4 Å². The van der Waals surface area contributed by atoms with Crippen molar-refractivity contribution in [3.8, 4) is 11.1 Å². The standard InChI is InChI=1S/C31H30F5N5O5/c1-6-23(31(34,35)36)38-17-13-20(32)25(21(33)14-17)27(42)39-22(29(44)46-5)12-16-9-10-18(19-8-7-11-37-26(16)19)24-15(2)40(3)30(45)41(4)28(24)43/h7-11,13-14,22-23,38H,6,12H2,1-5H3,(H,39,42)/t22-,23+/m0/s1. The van der Waals surface area contributed by atoms with Crippen molar-refractivity contribution in [1.29, 1.82) is 0 Å². The smallest absolute Gasteiger partial charge is 0.408 e. The van der Waals surface area contributed by atoms with Crippen LogP contribution in [0.3, 0.4) is 0 Å². The number of hydrogen-bond acceptors (Lipinski definition) is 7. The number of nitrogens with one attached hydrogen (secondary N) is 2. The topological polar surface area (TPSA) is 124 Å². The van der Waals surface area contributed by atoms with Gasteiger partial charge in [-0.1, -0.05) is 25.1 Å². The number of benzene rings is 2. The molecule has 0 radical (unpaired) electrons. The molecular formula is C31H30F5N5O5. The van der Waals surface area contributed by atoms with Gasteiger partial charge in [0.2, 0.25) is 0 Å². The molecule has 0 aliphatic rings. The lowest BCUT2D eigenvalue weighted by Gasteiger charge is -2.22. The Labute approximate surface area is 258 Å². The molecule has 2 N–H and O–H groups in total. The van der Waals surface area contributed by atoms with E-state index in [1.165, 1.54) is 31.8 Å². The Bertz CT molecular complexity index is 1930. The van der Waals surface area contributed by atoms with Gasteiger partial charge in [-0.15, -0.1) is 0 Å². The molecule has 0 aliphatic carbocycles. The van der Waals surface area contributed by atoms with Gasteiger partial charge < -0.3 is 19.9 Å². The number of fused-ring (bicyclic) bond motifs is 1. The Morgan fingerprint density at radius 1 is 1.04 bits per heavy atom. The number of anilines is 1. The number of hydrogen-bond donors (Lipinski definition) is 2. The van der Waals surface area contributed by atoms with Gasteiger partial charge in [0.15, 0.2) is 0 Å². The average molecular weight is 648 g/mol. The molecule has 0 saturated carbocycles. The monoisotopic (exact) mass is 647 g/mol. The zero-order valence-corrected chi connectivity index (χ0v) is 25.4. The van der Waals surface area contributed by atoms with Crippen LogP contribution in [0.15, 0.2) is 52.2 Å². The Morgan fingerprint density at radius 3 is 2.28 bits per heavy atom. The molecule has 0 spiro atoms. The van der Waals surface area contributed by atoms with Crippen molar-refractivity contribution in [3.63, 3.8) is 0 Å². The summed E-state index contributed by atoms with van der Waals surface area (Å²) < 4.78 is 76.4. The predicted molar refractivity (Wildman–Crippen MR) is 159 cm³/mol. The summed E-state index contributed by atoms with van der Waals surface area (Å²) in [6.07, 6.45) is -3.89. The Balaban J connectivity index is 1.70. The molecule has 15 heteroatoms. The Morgan fingerprint density at radius 2 is 1.70 bits per heavy atom. The molecule has 2 heterocycles. The minimum atomic E-state index is -4.68. The number of esters is 1. The molecule has 0 saturated heterocycles. The van der Waals surface area contributed by atoms with Crippen LogP contribution in [-0.4, -0.2) is 51.4 Å². The van der Waals surface area contributed by atoms with Crippen LogP contribution in [0.2, 0.25) is 0 Å². The van der Waals surface area contributed by atoms with Crippen molar-refractivity contribution in [1.82, 2.24) is 19.4 Å². The van der Waals surface area contributed by atoms with E-state index >= 15 is 0 Å². The number of pyridine rings is 1. The van der Waals surface area contributed by atoms with Gasteiger partial charge in [0.25, 0.3) is 11.5 Å². The van der Waals surface area contributed by atoms with E-state index in [2.05, 4.69) is 10.3 Å². The van der Waals surface area contributed by atoms with Crippen LogP contribution < -0.4 is 21.9 Å². The van der Waals surface area contributed by atoms with Gasteiger partial charge in [-0.05, 0) is 42.7 Å². The SMILES string of the molecule is CC[C@@H](Nc1cc(F)c(C(=O)N[C@@H](Cc2ccc(-c3c(C)n(C)c(=O)n(C)c3=O)c3cccnc23)C(=O)OC)c(F)c1)C(F)(F)F. The molecule has 0 aliphatic heterocycles. The van der Waals surface area contributed by atoms with Crippen molar-refractivity contribution in [2.45, 2.75) is 44.9 Å². The lowest BCUT2D eigenvalue weighted by Crippen LogP contribution is -2.43. The fourth-order valence-electron chi connectivity index (χ4n) is 5.15. The van der Waals surface area contributed by atoms with Crippen LogP contribution in [0.5, 0.6) is 0 Å². The summed E-state index contributed by atoms with van der Waals surface area (Å²) in [6, 6.07) is 4.01. The van der Waals surface area contributed by atoms with Crippen LogP contribution >= 0.6 is 0 Å². The van der Waals surface area contributed by atoms with Gasteiger partial charge in [0, 0.05) is 43.5 Å². The lowest BCUT2D eigenvalue weighted by molar-refractivity contribution is -0.143. The van der Waals surface area contributed by atoms with Crippen LogP contribution in [0.1, 0.15) is 35.0 Å². The quantitative estimate of drug-likeness (QED) is 0.207. The molecule has 4 aromatic rings. The van der Waals surface area contributed by atoms with E-state index in [0.717, 1.165) is 11.7 Å². The molecular weight excluding hydrogens is 617 g/mol. The third-order valence-corrected chi connectivity index (χ3v) is 7.71. The van der Waals surface area contributed by atoms with Crippen LogP contribution in [0.25, 0.3) is 22.0 Å². The minimum absolute atomic E-state index is 0.247. The zero-order chi connectivity index (χ0) is 34.1. The van der Waals surface area contributed by atoms with Gasteiger partial charge in [0.1, 0.15) is 29.3 Å². The number of halogens is 5. The van der Waals surface area contributed by atoms with E-state index in [0.29, 0.717) is 39.9 Å². The summed E-state index contributed by atoms with van der Waals surface area (Å²) >= 11 is 0. The average Bonchev–Trinajstić information content (AvgIpc) is 3.00. The number of alkyl halides is 3. The van der Waals surface area contributed by atoms with Gasteiger partial charge in [0.05, 0.1) is 18.2 Å². The second-order valence-corrected chi connectivity index (χ2v) is 10.6. The van der Waals surface area contributed by atoms with Gasteiger partial charge in [-0.3, -0.25) is 19.1 Å². The molecule has 10 nitrogen and oxygen atoms in total. The van der Waals surface area contributed by atoms with E-state index in [4.69, 9.17) is 4.74 Å². The van der Waals surface area contributed by atoms with Crippen molar-refractivity contribution < 1.29 is 36.3 Å². The lowest BCUT2D eigenvalue weighted by atomic mass is 9.94. The summed E-state index contributed by atoms with van der Waals surface area (Å²) in [6.45, 7) is 2.86. The molecule has 1 amide bonds. The second-order valence-electron chi connectivity index (χ2n) is 10.6. The summed E-state index contributed by atoms with van der Waals surface area (Å²) in [4.78, 5) is 55.7. The van der Waals surface area contributed by atoms with Crippen LogP contribution in [-0.2, 0) is 30.0 Å². The summed E-state index contributed by atoms with van der Waals surface area (Å²) in [5.41, 5.74) is -0.850. The molecule has 0 unspecified atom stereocenters. The Kier molecular flexibility index (Phi) is 9.63. The third-order valence-electron chi connectivity index (χ3n) is 7.71.